The minimum Gasteiger partial charge on any atom is -0.493 e. The maximum absolute atomic E-state index is 5.51. The molecule has 150 valence electrons. The molecule has 0 spiro atoms. The van der Waals surface area contributed by atoms with Crippen molar-refractivity contribution in [3.05, 3.63) is 65.7 Å². The minimum atomic E-state index is 0. The summed E-state index contributed by atoms with van der Waals surface area (Å²) in [7, 11) is 5.14. The summed E-state index contributed by atoms with van der Waals surface area (Å²) in [5, 5.41) is 3.45. The van der Waals surface area contributed by atoms with Crippen molar-refractivity contribution in [1.82, 2.24) is 10.2 Å². The molecular weight excluding hydrogens is 465 g/mol. The molecule has 1 heterocycles. The highest BCUT2D eigenvalue weighted by Crippen LogP contribution is 2.30. The number of nitrogens with one attached hydrogen (secondary N) is 1. The molecule has 0 saturated carbocycles. The van der Waals surface area contributed by atoms with Crippen LogP contribution in [0.5, 0.6) is 11.5 Å². The van der Waals surface area contributed by atoms with E-state index in [0.717, 1.165) is 42.5 Å². The van der Waals surface area contributed by atoms with E-state index in [-0.39, 0.29) is 24.0 Å². The summed E-state index contributed by atoms with van der Waals surface area (Å²) >= 11 is 0. The summed E-state index contributed by atoms with van der Waals surface area (Å²) in [6.07, 6.45) is 3.30. The third kappa shape index (κ3) is 5.19. The van der Waals surface area contributed by atoms with E-state index >= 15 is 0 Å². The predicted molar refractivity (Wildman–Crippen MR) is 126 cm³/mol. The summed E-state index contributed by atoms with van der Waals surface area (Å²) in [5.41, 5.74) is 3.74. The number of aliphatic imine (C=N–C) groups is 1. The lowest BCUT2D eigenvalue weighted by Gasteiger charge is -2.30. The monoisotopic (exact) mass is 493 g/mol. The topological polar surface area (TPSA) is 46.1 Å². The van der Waals surface area contributed by atoms with Gasteiger partial charge in [-0.05, 0) is 23.6 Å². The molecule has 0 radical (unpaired) electrons. The van der Waals surface area contributed by atoms with Gasteiger partial charge in [0.2, 0.25) is 0 Å². The van der Waals surface area contributed by atoms with Crippen molar-refractivity contribution in [2.24, 2.45) is 4.99 Å². The zero-order valence-electron chi connectivity index (χ0n) is 16.6. The molecule has 5 nitrogen and oxygen atoms in total. The number of ether oxygens (including phenoxy) is 2. The summed E-state index contributed by atoms with van der Waals surface area (Å²) in [6, 6.07) is 16.5. The average molecular weight is 493 g/mol. The van der Waals surface area contributed by atoms with Gasteiger partial charge in [-0.15, -0.1) is 24.0 Å². The van der Waals surface area contributed by atoms with Crippen molar-refractivity contribution in [3.63, 3.8) is 0 Å². The molecule has 1 aliphatic heterocycles. The van der Waals surface area contributed by atoms with Crippen molar-refractivity contribution in [2.45, 2.75) is 13.0 Å². The molecule has 0 amide bonds. The molecule has 0 unspecified atom stereocenters. The first-order valence-corrected chi connectivity index (χ1v) is 9.16. The SMILES string of the molecule is CN=C(NCc1cccc(OC)c1OC)N1CC=C(c2ccccc2)CC1.I. The molecule has 0 atom stereocenters. The summed E-state index contributed by atoms with van der Waals surface area (Å²) in [6.45, 7) is 2.41. The van der Waals surface area contributed by atoms with Crippen molar-refractivity contribution < 1.29 is 9.47 Å². The highest BCUT2D eigenvalue weighted by molar-refractivity contribution is 14.0. The third-order valence-electron chi connectivity index (χ3n) is 4.79. The van der Waals surface area contributed by atoms with Gasteiger partial charge in [0.15, 0.2) is 17.5 Å². The molecule has 0 saturated heterocycles. The van der Waals surface area contributed by atoms with Crippen molar-refractivity contribution in [3.8, 4) is 11.5 Å². The highest BCUT2D eigenvalue weighted by atomic mass is 127. The van der Waals surface area contributed by atoms with E-state index in [0.29, 0.717) is 6.54 Å². The van der Waals surface area contributed by atoms with Gasteiger partial charge in [-0.3, -0.25) is 4.99 Å². The van der Waals surface area contributed by atoms with E-state index in [1.807, 2.05) is 25.2 Å². The smallest absolute Gasteiger partial charge is 0.194 e. The molecular formula is C22H28IN3O2. The Bertz CT molecular complexity index is 822. The lowest BCUT2D eigenvalue weighted by Crippen LogP contribution is -2.43. The highest BCUT2D eigenvalue weighted by Gasteiger charge is 2.17. The Balaban J connectivity index is 0.00000280. The normalized spacial score (nSPS) is 14.0. The van der Waals surface area contributed by atoms with Crippen molar-refractivity contribution in [2.75, 3.05) is 34.4 Å². The van der Waals surface area contributed by atoms with Gasteiger partial charge in [0.25, 0.3) is 0 Å². The van der Waals surface area contributed by atoms with Crippen LogP contribution in [0.4, 0.5) is 0 Å². The molecule has 1 N–H and O–H groups in total. The van der Waals surface area contributed by atoms with Gasteiger partial charge in [-0.2, -0.15) is 0 Å². The Hall–Kier alpha value is -2.22. The lowest BCUT2D eigenvalue weighted by molar-refractivity contribution is 0.351. The lowest BCUT2D eigenvalue weighted by atomic mass is 10.00. The van der Waals surface area contributed by atoms with Crippen LogP contribution in [0.25, 0.3) is 5.57 Å². The second kappa shape index (κ2) is 10.9. The van der Waals surface area contributed by atoms with Crippen LogP contribution in [0.2, 0.25) is 0 Å². The van der Waals surface area contributed by atoms with Crippen LogP contribution in [0.1, 0.15) is 17.5 Å². The zero-order chi connectivity index (χ0) is 19.1. The van der Waals surface area contributed by atoms with E-state index in [2.05, 4.69) is 51.6 Å². The van der Waals surface area contributed by atoms with Gasteiger partial charge in [-0.1, -0.05) is 48.5 Å². The fourth-order valence-corrected chi connectivity index (χ4v) is 3.38. The first kappa shape index (κ1) is 22.1. The number of halogens is 1. The summed E-state index contributed by atoms with van der Waals surface area (Å²) in [5.74, 6) is 2.39. The Morgan fingerprint density at radius 2 is 1.86 bits per heavy atom. The van der Waals surface area contributed by atoms with Gasteiger partial charge in [0, 0.05) is 32.2 Å². The first-order chi connectivity index (χ1) is 13.3. The molecule has 6 heteroatoms. The van der Waals surface area contributed by atoms with Crippen LogP contribution in [-0.2, 0) is 6.54 Å². The largest absolute Gasteiger partial charge is 0.493 e. The molecule has 0 aromatic heterocycles. The van der Waals surface area contributed by atoms with Crippen molar-refractivity contribution in [1.29, 1.82) is 0 Å². The van der Waals surface area contributed by atoms with Crippen LogP contribution in [0.15, 0.2) is 59.6 Å². The van der Waals surface area contributed by atoms with Crippen LogP contribution in [-0.4, -0.2) is 45.2 Å². The quantitative estimate of drug-likeness (QED) is 0.386. The Morgan fingerprint density at radius 3 is 2.46 bits per heavy atom. The molecule has 2 aromatic rings. The average Bonchev–Trinajstić information content (AvgIpc) is 2.75. The molecule has 3 rings (SSSR count). The summed E-state index contributed by atoms with van der Waals surface area (Å²) < 4.78 is 10.9. The maximum Gasteiger partial charge on any atom is 0.194 e. The number of hydrogen-bond donors (Lipinski definition) is 1. The van der Waals surface area contributed by atoms with Crippen LogP contribution in [0.3, 0.4) is 0 Å². The van der Waals surface area contributed by atoms with E-state index in [9.17, 15) is 0 Å². The van der Waals surface area contributed by atoms with E-state index in [4.69, 9.17) is 9.47 Å². The van der Waals surface area contributed by atoms with Gasteiger partial charge in [-0.25, -0.2) is 0 Å². The molecule has 28 heavy (non-hydrogen) atoms. The maximum atomic E-state index is 5.51. The van der Waals surface area contributed by atoms with Crippen LogP contribution in [0, 0.1) is 0 Å². The molecule has 0 fully saturated rings. The second-order valence-corrected chi connectivity index (χ2v) is 6.34. The Kier molecular flexibility index (Phi) is 8.63. The third-order valence-corrected chi connectivity index (χ3v) is 4.79. The number of rotatable bonds is 5. The number of hydrogen-bond acceptors (Lipinski definition) is 3. The zero-order valence-corrected chi connectivity index (χ0v) is 19.0. The van der Waals surface area contributed by atoms with Gasteiger partial charge in [0.05, 0.1) is 14.2 Å². The molecule has 2 aromatic carbocycles. The van der Waals surface area contributed by atoms with Crippen LogP contribution >= 0.6 is 24.0 Å². The second-order valence-electron chi connectivity index (χ2n) is 6.34. The van der Waals surface area contributed by atoms with Crippen LogP contribution < -0.4 is 14.8 Å². The van der Waals surface area contributed by atoms with E-state index in [1.165, 1.54) is 11.1 Å². The van der Waals surface area contributed by atoms with E-state index in [1.54, 1.807) is 14.2 Å². The van der Waals surface area contributed by atoms with E-state index < -0.39 is 0 Å². The predicted octanol–water partition coefficient (Wildman–Crippen LogP) is 4.19. The standard InChI is InChI=1S/C22H27N3O2.HI/c1-23-22(24-16-19-10-7-11-20(26-2)21(19)27-3)25-14-12-18(13-15-25)17-8-5-4-6-9-17;/h4-12H,13-16H2,1-3H3,(H,23,24);1H. The minimum absolute atomic E-state index is 0. The Morgan fingerprint density at radius 1 is 1.07 bits per heavy atom. The number of para-hydroxylation sites is 1. The van der Waals surface area contributed by atoms with Gasteiger partial charge >= 0.3 is 0 Å². The molecule has 0 bridgehead atoms. The number of methoxy groups -OCH3 is 2. The number of benzene rings is 2. The number of guanidine groups is 1. The molecule has 0 aliphatic carbocycles. The van der Waals surface area contributed by atoms with Gasteiger partial charge < -0.3 is 19.7 Å². The summed E-state index contributed by atoms with van der Waals surface area (Å²) in [4.78, 5) is 6.72. The fraction of sp³-hybridized carbons (Fsp3) is 0.318. The fourth-order valence-electron chi connectivity index (χ4n) is 3.38. The number of nitrogens with zero attached hydrogens (tertiary/aromatic N) is 2. The van der Waals surface area contributed by atoms with Crippen molar-refractivity contribution >= 4 is 35.5 Å². The first-order valence-electron chi connectivity index (χ1n) is 9.16. The molecule has 1 aliphatic rings. The Labute approximate surface area is 184 Å². The van der Waals surface area contributed by atoms with Gasteiger partial charge in [0.1, 0.15) is 0 Å².